The van der Waals surface area contributed by atoms with E-state index < -0.39 is 0 Å². The first-order valence-electron chi connectivity index (χ1n) is 4.51. The zero-order chi connectivity index (χ0) is 11.3. The van der Waals surface area contributed by atoms with Crippen molar-refractivity contribution in [2.75, 3.05) is 0 Å². The number of hydrogen-bond acceptors (Lipinski definition) is 3. The van der Waals surface area contributed by atoms with E-state index >= 15 is 0 Å². The van der Waals surface area contributed by atoms with Crippen LogP contribution in [0.15, 0.2) is 28.9 Å². The zero-order valence-electron chi connectivity index (χ0n) is 8.42. The van der Waals surface area contributed by atoms with Crippen LogP contribution in [0.1, 0.15) is 13.3 Å². The van der Waals surface area contributed by atoms with E-state index in [1.54, 1.807) is 0 Å². The Bertz CT molecular complexity index is 331. The van der Waals surface area contributed by atoms with Gasteiger partial charge < -0.3 is 0 Å². The van der Waals surface area contributed by atoms with Crippen LogP contribution >= 0.6 is 11.6 Å². The zero-order valence-corrected chi connectivity index (χ0v) is 9.17. The van der Waals surface area contributed by atoms with E-state index in [0.29, 0.717) is 0 Å². The third-order valence-corrected chi connectivity index (χ3v) is 2.27. The van der Waals surface area contributed by atoms with Gasteiger partial charge in [-0.3, -0.25) is 10.8 Å². The molecule has 0 aromatic carbocycles. The largest absolute Gasteiger partial charge is 0.293 e. The Morgan fingerprint density at radius 3 is 3.00 bits per heavy atom. The molecule has 0 heterocycles. The van der Waals surface area contributed by atoms with Crippen LogP contribution in [0.3, 0.4) is 0 Å². The molecule has 0 aliphatic heterocycles. The summed E-state index contributed by atoms with van der Waals surface area (Å²) in [6, 6.07) is 0. The van der Waals surface area contributed by atoms with Crippen LogP contribution in [0.4, 0.5) is 0 Å². The molecule has 5 N–H and O–H groups in total. The van der Waals surface area contributed by atoms with Gasteiger partial charge in [0.25, 0.3) is 0 Å². The Hall–Kier alpha value is -1.33. The number of hydrazine groups is 1. The molecule has 6 heteroatoms. The predicted octanol–water partition coefficient (Wildman–Crippen LogP) is 0.844. The molecule has 1 atom stereocenters. The molecule has 0 saturated carbocycles. The first-order chi connectivity index (χ1) is 7.13. The summed E-state index contributed by atoms with van der Waals surface area (Å²) in [5.41, 5.74) is 6.40. The number of nitrogens with two attached hydrogens (primary N) is 1. The minimum Gasteiger partial charge on any atom is -0.293 e. The van der Waals surface area contributed by atoms with Crippen molar-refractivity contribution in [3.63, 3.8) is 0 Å². The number of allylic oxidation sites excluding steroid dienone is 4. The molecule has 0 aromatic heterocycles. The van der Waals surface area contributed by atoms with Crippen LogP contribution in [-0.2, 0) is 0 Å². The Kier molecular flexibility index (Phi) is 4.33. The van der Waals surface area contributed by atoms with Gasteiger partial charge in [0.05, 0.1) is 11.1 Å². The number of nitrogens with one attached hydrogen (secondary N) is 3. The van der Waals surface area contributed by atoms with Crippen molar-refractivity contribution < 1.29 is 0 Å². The summed E-state index contributed by atoms with van der Waals surface area (Å²) in [7, 11) is 0. The van der Waals surface area contributed by atoms with Crippen LogP contribution in [0, 0.1) is 5.41 Å². The van der Waals surface area contributed by atoms with Crippen molar-refractivity contribution in [2.45, 2.75) is 18.7 Å². The number of hydrogen-bond donors (Lipinski definition) is 4. The smallest absolute Gasteiger partial charge is 0.223 e. The number of guanidine groups is 1. The van der Waals surface area contributed by atoms with Gasteiger partial charge in [-0.1, -0.05) is 18.2 Å². The highest BCUT2D eigenvalue weighted by Crippen LogP contribution is 2.15. The molecule has 0 bridgehead atoms. The molecule has 0 fully saturated rings. The lowest BCUT2D eigenvalue weighted by Gasteiger charge is -2.10. The van der Waals surface area contributed by atoms with E-state index in [1.807, 2.05) is 25.2 Å². The maximum atomic E-state index is 7.16. The molecule has 1 aliphatic carbocycles. The molecule has 1 aliphatic rings. The molecule has 82 valence electrons. The summed E-state index contributed by atoms with van der Waals surface area (Å²) in [6.45, 7) is 1.85. The van der Waals surface area contributed by atoms with Crippen LogP contribution in [-0.4, -0.2) is 17.0 Å². The maximum Gasteiger partial charge on any atom is 0.223 e. The summed E-state index contributed by atoms with van der Waals surface area (Å²) in [5.74, 6) is 4.95. The van der Waals surface area contributed by atoms with Crippen LogP contribution in [0.2, 0.25) is 0 Å². The van der Waals surface area contributed by atoms with Gasteiger partial charge >= 0.3 is 0 Å². The fraction of sp³-hybridized carbons (Fsp3) is 0.333. The second-order valence-corrected chi connectivity index (χ2v) is 3.66. The van der Waals surface area contributed by atoms with Crippen molar-refractivity contribution >= 4 is 23.3 Å². The molecule has 5 nitrogen and oxygen atoms in total. The highest BCUT2D eigenvalue weighted by atomic mass is 35.5. The summed E-state index contributed by atoms with van der Waals surface area (Å²) in [5, 5.41) is 11.2. The van der Waals surface area contributed by atoms with E-state index in [-0.39, 0.29) is 11.3 Å². The monoisotopic (exact) mass is 227 g/mol. The highest BCUT2D eigenvalue weighted by molar-refractivity contribution is 6.22. The molecule has 15 heavy (non-hydrogen) atoms. The Morgan fingerprint density at radius 2 is 2.47 bits per heavy atom. The van der Waals surface area contributed by atoms with Gasteiger partial charge in [0.2, 0.25) is 5.96 Å². The number of nitrogens with zero attached hydrogens (tertiary/aromatic N) is 1. The third kappa shape index (κ3) is 3.73. The van der Waals surface area contributed by atoms with Crippen molar-refractivity contribution in [1.82, 2.24) is 10.9 Å². The average Bonchev–Trinajstić information content (AvgIpc) is 2.26. The molecule has 0 aromatic rings. The standard InChI is InChI=1S/C9H14ClN5/c1-6(14-15-9(11)13-12)7-2-4-8(10)5-3-7/h2-4,8H,5,12H2,1H3,(H3,11,13,15)/b14-6+. The summed E-state index contributed by atoms with van der Waals surface area (Å²) < 4.78 is 0. The summed E-state index contributed by atoms with van der Waals surface area (Å²) in [4.78, 5) is 0. The number of alkyl halides is 1. The van der Waals surface area contributed by atoms with Gasteiger partial charge in [-0.05, 0) is 18.9 Å². The van der Waals surface area contributed by atoms with Crippen LogP contribution in [0.25, 0.3) is 0 Å². The van der Waals surface area contributed by atoms with Crippen molar-refractivity contribution in [3.8, 4) is 0 Å². The lowest BCUT2D eigenvalue weighted by molar-refractivity contribution is 0.884. The van der Waals surface area contributed by atoms with Crippen molar-refractivity contribution in [1.29, 1.82) is 5.41 Å². The lowest BCUT2D eigenvalue weighted by Crippen LogP contribution is -2.38. The molecule has 1 unspecified atom stereocenters. The molecule has 0 radical (unpaired) electrons. The molecule has 0 saturated heterocycles. The number of rotatable bonds is 2. The topological polar surface area (TPSA) is 86.3 Å². The van der Waals surface area contributed by atoms with E-state index in [2.05, 4.69) is 16.0 Å². The third-order valence-electron chi connectivity index (χ3n) is 1.95. The Morgan fingerprint density at radius 1 is 1.73 bits per heavy atom. The second-order valence-electron chi connectivity index (χ2n) is 3.10. The van der Waals surface area contributed by atoms with Crippen molar-refractivity contribution in [2.24, 2.45) is 10.9 Å². The van der Waals surface area contributed by atoms with Gasteiger partial charge in [0, 0.05) is 0 Å². The van der Waals surface area contributed by atoms with Crippen LogP contribution in [0.5, 0.6) is 0 Å². The second kappa shape index (κ2) is 5.53. The Balaban J connectivity index is 2.57. The van der Waals surface area contributed by atoms with E-state index in [1.165, 1.54) is 0 Å². The quantitative estimate of drug-likeness (QED) is 0.185. The Labute approximate surface area is 93.5 Å². The van der Waals surface area contributed by atoms with E-state index in [9.17, 15) is 0 Å². The van der Waals surface area contributed by atoms with E-state index in [0.717, 1.165) is 17.7 Å². The minimum atomic E-state index is -0.0510. The molecular formula is C9H14ClN5. The lowest BCUT2D eigenvalue weighted by atomic mass is 10.0. The predicted molar refractivity (Wildman–Crippen MR) is 62.8 cm³/mol. The summed E-state index contributed by atoms with van der Waals surface area (Å²) >= 11 is 5.89. The van der Waals surface area contributed by atoms with Crippen molar-refractivity contribution in [3.05, 3.63) is 23.8 Å². The van der Waals surface area contributed by atoms with Gasteiger partial charge in [-0.25, -0.2) is 11.3 Å². The average molecular weight is 228 g/mol. The molecule has 0 spiro atoms. The molecule has 0 amide bonds. The fourth-order valence-electron chi connectivity index (χ4n) is 1.10. The maximum absolute atomic E-state index is 7.16. The number of halogens is 1. The fourth-order valence-corrected chi connectivity index (χ4v) is 1.26. The van der Waals surface area contributed by atoms with E-state index in [4.69, 9.17) is 22.9 Å². The number of hydrazone groups is 1. The minimum absolute atomic E-state index is 0.0510. The molecular weight excluding hydrogens is 214 g/mol. The van der Waals surface area contributed by atoms with Gasteiger partial charge in [-0.2, -0.15) is 5.10 Å². The van der Waals surface area contributed by atoms with Gasteiger partial charge in [0.15, 0.2) is 0 Å². The molecule has 1 rings (SSSR count). The first-order valence-corrected chi connectivity index (χ1v) is 4.95. The van der Waals surface area contributed by atoms with Gasteiger partial charge in [0.1, 0.15) is 0 Å². The SMILES string of the molecule is C/C(=N\NC(=N)NN)C1=CCC(Cl)C=C1. The highest BCUT2D eigenvalue weighted by Gasteiger charge is 2.07. The van der Waals surface area contributed by atoms with Gasteiger partial charge in [-0.15, -0.1) is 11.6 Å². The van der Waals surface area contributed by atoms with Crippen LogP contribution < -0.4 is 16.7 Å². The first kappa shape index (κ1) is 11.7. The normalized spacial score (nSPS) is 20.9. The summed E-state index contributed by atoms with van der Waals surface area (Å²) in [6.07, 6.45) is 6.65.